The number of nitrogens with two attached hydrogens (primary N) is 1. The number of aromatic nitrogens is 2. The lowest BCUT2D eigenvalue weighted by molar-refractivity contribution is -0.136. The maximum absolute atomic E-state index is 13.2. The molecule has 2 aromatic heterocycles. The minimum absolute atomic E-state index is 0.139. The molecule has 0 fully saturated rings. The van der Waals surface area contributed by atoms with Gasteiger partial charge in [-0.3, -0.25) is 4.98 Å². The van der Waals surface area contributed by atoms with E-state index < -0.39 is 11.7 Å². The summed E-state index contributed by atoms with van der Waals surface area (Å²) in [4.78, 5) is 7.12. The Kier molecular flexibility index (Phi) is 2.90. The number of halogens is 3. The van der Waals surface area contributed by atoms with Gasteiger partial charge in [0.25, 0.3) is 0 Å². The molecule has 1 aromatic carbocycles. The van der Waals surface area contributed by atoms with Crippen molar-refractivity contribution in [2.24, 2.45) is 0 Å². The summed E-state index contributed by atoms with van der Waals surface area (Å²) < 4.78 is 39.7. The van der Waals surface area contributed by atoms with E-state index >= 15 is 0 Å². The summed E-state index contributed by atoms with van der Waals surface area (Å²) in [5.74, 6) is 0. The molecule has 0 unspecified atom stereocenters. The summed E-state index contributed by atoms with van der Waals surface area (Å²) in [6.07, 6.45) is -2.99. The van der Waals surface area contributed by atoms with Crippen LogP contribution in [0.1, 0.15) is 11.3 Å². The summed E-state index contributed by atoms with van der Waals surface area (Å²) in [5.41, 5.74) is 7.37. The first kappa shape index (κ1) is 13.5. The van der Waals surface area contributed by atoms with Gasteiger partial charge >= 0.3 is 6.18 Å². The third kappa shape index (κ3) is 2.22. The van der Waals surface area contributed by atoms with Crippen LogP contribution in [0, 0.1) is 6.92 Å². The summed E-state index contributed by atoms with van der Waals surface area (Å²) >= 11 is 0. The van der Waals surface area contributed by atoms with Crippen LogP contribution in [0.2, 0.25) is 0 Å². The zero-order chi connectivity index (χ0) is 15.2. The lowest BCUT2D eigenvalue weighted by Gasteiger charge is -2.10. The molecule has 3 nitrogen and oxygen atoms in total. The summed E-state index contributed by atoms with van der Waals surface area (Å²) in [7, 11) is 0. The standard InChI is InChI=1S/C15H12F3N3/c1-8-13(11-6-5-9(19)7-20-11)14-10(15(16,17)18)3-2-4-12(14)21-8/h2-7,21H,19H2,1H3. The minimum Gasteiger partial charge on any atom is -0.397 e. The van der Waals surface area contributed by atoms with Crippen molar-refractivity contribution in [2.45, 2.75) is 13.1 Å². The van der Waals surface area contributed by atoms with Crippen molar-refractivity contribution >= 4 is 16.6 Å². The van der Waals surface area contributed by atoms with Crippen molar-refractivity contribution in [1.82, 2.24) is 9.97 Å². The van der Waals surface area contributed by atoms with Gasteiger partial charge < -0.3 is 10.7 Å². The van der Waals surface area contributed by atoms with E-state index in [9.17, 15) is 13.2 Å². The Hall–Kier alpha value is -2.50. The molecular weight excluding hydrogens is 279 g/mol. The van der Waals surface area contributed by atoms with Crippen LogP contribution in [0.3, 0.4) is 0 Å². The average Bonchev–Trinajstić information content (AvgIpc) is 2.74. The van der Waals surface area contributed by atoms with Gasteiger partial charge in [-0.25, -0.2) is 0 Å². The number of fused-ring (bicyclic) bond motifs is 1. The fraction of sp³-hybridized carbons (Fsp3) is 0.133. The van der Waals surface area contributed by atoms with Crippen LogP contribution in [0.4, 0.5) is 18.9 Å². The van der Waals surface area contributed by atoms with Crippen molar-refractivity contribution in [1.29, 1.82) is 0 Å². The van der Waals surface area contributed by atoms with Gasteiger partial charge in [0.2, 0.25) is 0 Å². The molecule has 0 aliphatic rings. The van der Waals surface area contributed by atoms with E-state index in [2.05, 4.69) is 9.97 Å². The number of anilines is 1. The first-order chi connectivity index (χ1) is 9.88. The van der Waals surface area contributed by atoms with Gasteiger partial charge in [0.1, 0.15) is 0 Å². The number of pyridine rings is 1. The van der Waals surface area contributed by atoms with Gasteiger partial charge in [-0.1, -0.05) is 6.07 Å². The molecule has 21 heavy (non-hydrogen) atoms. The van der Waals surface area contributed by atoms with Gasteiger partial charge in [0.15, 0.2) is 0 Å². The van der Waals surface area contributed by atoms with Gasteiger partial charge in [0.05, 0.1) is 23.1 Å². The molecule has 3 N–H and O–H groups in total. The number of hydrogen-bond donors (Lipinski definition) is 2. The fourth-order valence-corrected chi connectivity index (χ4v) is 2.49. The monoisotopic (exact) mass is 291 g/mol. The van der Waals surface area contributed by atoms with Crippen molar-refractivity contribution in [2.75, 3.05) is 5.73 Å². The van der Waals surface area contributed by atoms with Crippen molar-refractivity contribution in [3.8, 4) is 11.3 Å². The van der Waals surface area contributed by atoms with Crippen LogP contribution in [0.5, 0.6) is 0 Å². The molecule has 0 saturated carbocycles. The normalized spacial score (nSPS) is 12.0. The molecule has 0 saturated heterocycles. The Balaban J connectivity index is 2.37. The van der Waals surface area contributed by atoms with E-state index in [-0.39, 0.29) is 5.39 Å². The lowest BCUT2D eigenvalue weighted by atomic mass is 10.0. The Morgan fingerprint density at radius 1 is 1.14 bits per heavy atom. The van der Waals surface area contributed by atoms with Crippen molar-refractivity contribution < 1.29 is 13.2 Å². The van der Waals surface area contributed by atoms with Crippen LogP contribution < -0.4 is 5.73 Å². The van der Waals surface area contributed by atoms with E-state index in [1.54, 1.807) is 25.1 Å². The van der Waals surface area contributed by atoms with Crippen LogP contribution in [-0.2, 0) is 6.18 Å². The van der Waals surface area contributed by atoms with Crippen LogP contribution in [-0.4, -0.2) is 9.97 Å². The molecule has 3 rings (SSSR count). The molecule has 108 valence electrons. The predicted octanol–water partition coefficient (Wildman–Crippen LogP) is 4.14. The topological polar surface area (TPSA) is 54.7 Å². The third-order valence-electron chi connectivity index (χ3n) is 3.36. The molecule has 6 heteroatoms. The zero-order valence-electron chi connectivity index (χ0n) is 11.1. The molecule has 2 heterocycles. The largest absolute Gasteiger partial charge is 0.417 e. The predicted molar refractivity (Wildman–Crippen MR) is 75.7 cm³/mol. The number of nitrogen functional groups attached to an aromatic ring is 1. The number of aromatic amines is 1. The number of nitrogens with zero attached hydrogens (tertiary/aromatic N) is 1. The SMILES string of the molecule is Cc1[nH]c2cccc(C(F)(F)F)c2c1-c1ccc(N)cn1. The number of benzene rings is 1. The molecule has 0 radical (unpaired) electrons. The second kappa shape index (κ2) is 4.51. The number of rotatable bonds is 1. The van der Waals surface area contributed by atoms with E-state index in [4.69, 9.17) is 5.73 Å². The smallest absolute Gasteiger partial charge is 0.397 e. The highest BCUT2D eigenvalue weighted by molar-refractivity contribution is 5.99. The molecule has 0 bridgehead atoms. The number of nitrogens with one attached hydrogen (secondary N) is 1. The summed E-state index contributed by atoms with van der Waals surface area (Å²) in [5, 5.41) is 0.139. The maximum atomic E-state index is 13.2. The molecular formula is C15H12F3N3. The molecule has 0 amide bonds. The number of alkyl halides is 3. The fourth-order valence-electron chi connectivity index (χ4n) is 2.49. The first-order valence-corrected chi connectivity index (χ1v) is 6.28. The zero-order valence-corrected chi connectivity index (χ0v) is 11.1. The number of H-pyrrole nitrogens is 1. The Morgan fingerprint density at radius 3 is 2.52 bits per heavy atom. The highest BCUT2D eigenvalue weighted by Gasteiger charge is 2.34. The molecule has 0 spiro atoms. The Bertz CT molecular complexity index is 801. The highest BCUT2D eigenvalue weighted by Crippen LogP contribution is 2.40. The number of aryl methyl sites for hydroxylation is 1. The summed E-state index contributed by atoms with van der Waals surface area (Å²) in [6.45, 7) is 1.73. The Labute approximate surface area is 118 Å². The molecule has 0 aliphatic heterocycles. The van der Waals surface area contributed by atoms with Crippen molar-refractivity contribution in [3.05, 3.63) is 47.8 Å². The lowest BCUT2D eigenvalue weighted by Crippen LogP contribution is -2.05. The minimum atomic E-state index is -4.42. The molecule has 3 aromatic rings. The summed E-state index contributed by atoms with van der Waals surface area (Å²) in [6, 6.07) is 7.34. The third-order valence-corrected chi connectivity index (χ3v) is 3.36. The number of hydrogen-bond acceptors (Lipinski definition) is 2. The van der Waals surface area contributed by atoms with E-state index in [1.807, 2.05) is 0 Å². The van der Waals surface area contributed by atoms with Gasteiger partial charge in [-0.2, -0.15) is 13.2 Å². The quantitative estimate of drug-likeness (QED) is 0.708. The van der Waals surface area contributed by atoms with Crippen molar-refractivity contribution in [3.63, 3.8) is 0 Å². The van der Waals surface area contributed by atoms with Gasteiger partial charge in [0, 0.05) is 22.2 Å². The second-order valence-electron chi connectivity index (χ2n) is 4.83. The maximum Gasteiger partial charge on any atom is 0.417 e. The molecule has 0 aliphatic carbocycles. The first-order valence-electron chi connectivity index (χ1n) is 6.28. The highest BCUT2D eigenvalue weighted by atomic mass is 19.4. The van der Waals surface area contributed by atoms with Crippen LogP contribution >= 0.6 is 0 Å². The second-order valence-corrected chi connectivity index (χ2v) is 4.83. The Morgan fingerprint density at radius 2 is 1.90 bits per heavy atom. The van der Waals surface area contributed by atoms with E-state index in [0.29, 0.717) is 28.2 Å². The van der Waals surface area contributed by atoms with Crippen LogP contribution in [0.15, 0.2) is 36.5 Å². The van der Waals surface area contributed by atoms with E-state index in [1.165, 1.54) is 12.3 Å². The van der Waals surface area contributed by atoms with Crippen LogP contribution in [0.25, 0.3) is 22.2 Å². The van der Waals surface area contributed by atoms with E-state index in [0.717, 1.165) is 6.07 Å². The van der Waals surface area contributed by atoms with Gasteiger partial charge in [-0.05, 0) is 31.2 Å². The average molecular weight is 291 g/mol. The molecule has 0 atom stereocenters. The van der Waals surface area contributed by atoms with Gasteiger partial charge in [-0.15, -0.1) is 0 Å².